The Morgan fingerprint density at radius 1 is 0.290 bits per heavy atom. The van der Waals surface area contributed by atoms with E-state index in [4.69, 9.17) is 0 Å². The van der Waals surface area contributed by atoms with Gasteiger partial charge in [-0.25, -0.2) is 0 Å². The zero-order chi connectivity index (χ0) is 42.1. The molecule has 62 heavy (non-hydrogen) atoms. The second-order valence-electron chi connectivity index (χ2n) is 19.3. The number of nitrogens with zero attached hydrogens (tertiary/aromatic N) is 1. The Hall–Kier alpha value is -6.96. The van der Waals surface area contributed by atoms with Crippen LogP contribution in [0.1, 0.15) is 74.9 Å². The number of rotatable bonds is 5. The van der Waals surface area contributed by atoms with E-state index in [-0.39, 0.29) is 16.2 Å². The number of benzene rings is 9. The number of hydrogen-bond donors (Lipinski definition) is 0. The Kier molecular flexibility index (Phi) is 7.74. The average molecular weight is 796 g/mol. The standard InChI is InChI=1S/C61H49N/c1-59(2)51-22-12-9-18-44(51)46-32-28-41(36-54(46)59)38-26-29-42(30-27-38)62(43-31-33-47-45-19-10-13-23-52(45)60(3,4)56(47)37-43)57-25-14-11-20-48(57)49-21-15-24-53-58(49)50-34-39-16-7-8-17-40(39)35-55(50)61(53,5)6/h7-37H,1-6H3. The summed E-state index contributed by atoms with van der Waals surface area (Å²) in [6.45, 7) is 14.3. The van der Waals surface area contributed by atoms with Crippen LogP contribution in [0.2, 0.25) is 0 Å². The van der Waals surface area contributed by atoms with E-state index in [9.17, 15) is 0 Å². The molecule has 9 aromatic rings. The zero-order valence-electron chi connectivity index (χ0n) is 36.3. The van der Waals surface area contributed by atoms with Gasteiger partial charge in [-0.2, -0.15) is 0 Å². The van der Waals surface area contributed by atoms with Gasteiger partial charge in [0.1, 0.15) is 0 Å². The van der Waals surface area contributed by atoms with Crippen molar-refractivity contribution in [3.8, 4) is 55.6 Å². The first-order valence-electron chi connectivity index (χ1n) is 22.2. The second kappa shape index (κ2) is 13.0. The van der Waals surface area contributed by atoms with Gasteiger partial charge in [0.2, 0.25) is 0 Å². The Balaban J connectivity index is 1.03. The molecule has 3 aliphatic carbocycles. The summed E-state index contributed by atoms with van der Waals surface area (Å²) >= 11 is 0. The average Bonchev–Trinajstić information content (AvgIpc) is 3.78. The zero-order valence-corrected chi connectivity index (χ0v) is 36.3. The minimum absolute atomic E-state index is 0.0518. The molecule has 0 saturated heterocycles. The van der Waals surface area contributed by atoms with E-state index in [1.54, 1.807) is 0 Å². The van der Waals surface area contributed by atoms with Crippen LogP contribution in [0, 0.1) is 0 Å². The van der Waals surface area contributed by atoms with Gasteiger partial charge in [-0.3, -0.25) is 0 Å². The first-order valence-corrected chi connectivity index (χ1v) is 22.2. The minimum Gasteiger partial charge on any atom is -0.310 e. The number of hydrogen-bond acceptors (Lipinski definition) is 1. The van der Waals surface area contributed by atoms with Crippen LogP contribution in [0.4, 0.5) is 17.1 Å². The molecule has 0 aliphatic heterocycles. The van der Waals surface area contributed by atoms with E-state index in [1.807, 2.05) is 0 Å². The smallest absolute Gasteiger partial charge is 0.0540 e. The molecule has 0 aromatic heterocycles. The van der Waals surface area contributed by atoms with E-state index in [2.05, 4.69) is 234 Å². The summed E-state index contributed by atoms with van der Waals surface area (Å²) in [7, 11) is 0. The Morgan fingerprint density at radius 3 is 1.45 bits per heavy atom. The van der Waals surface area contributed by atoms with Crippen LogP contribution in [0.3, 0.4) is 0 Å². The molecule has 0 radical (unpaired) electrons. The fourth-order valence-corrected chi connectivity index (χ4v) is 11.5. The first kappa shape index (κ1) is 36.9. The van der Waals surface area contributed by atoms with Gasteiger partial charge in [-0.15, -0.1) is 0 Å². The summed E-state index contributed by atoms with van der Waals surface area (Å²) in [5, 5.41) is 2.57. The fraction of sp³-hybridized carbons (Fsp3) is 0.148. The van der Waals surface area contributed by atoms with E-state index in [1.165, 1.54) is 99.8 Å². The molecule has 0 unspecified atom stereocenters. The summed E-state index contributed by atoms with van der Waals surface area (Å²) in [6, 6.07) is 71.0. The van der Waals surface area contributed by atoms with Gasteiger partial charge < -0.3 is 4.90 Å². The lowest BCUT2D eigenvalue weighted by Gasteiger charge is -2.30. The lowest BCUT2D eigenvalue weighted by Crippen LogP contribution is -2.17. The second-order valence-corrected chi connectivity index (χ2v) is 19.3. The molecule has 1 heteroatoms. The van der Waals surface area contributed by atoms with Crippen molar-refractivity contribution in [2.24, 2.45) is 0 Å². The van der Waals surface area contributed by atoms with Crippen LogP contribution in [-0.4, -0.2) is 0 Å². The highest BCUT2D eigenvalue weighted by molar-refractivity contribution is 6.02. The normalized spacial score (nSPS) is 15.3. The molecule has 0 bridgehead atoms. The van der Waals surface area contributed by atoms with Crippen LogP contribution >= 0.6 is 0 Å². The van der Waals surface area contributed by atoms with E-state index >= 15 is 0 Å². The molecule has 3 aliphatic rings. The Labute approximate surface area is 366 Å². The molecule has 0 N–H and O–H groups in total. The molecule has 0 fully saturated rings. The Morgan fingerprint density at radius 2 is 0.758 bits per heavy atom. The van der Waals surface area contributed by atoms with Gasteiger partial charge in [0.15, 0.2) is 0 Å². The van der Waals surface area contributed by atoms with Crippen LogP contribution < -0.4 is 4.90 Å². The van der Waals surface area contributed by atoms with Gasteiger partial charge in [0.25, 0.3) is 0 Å². The third kappa shape index (κ3) is 5.15. The van der Waals surface area contributed by atoms with Crippen molar-refractivity contribution in [2.45, 2.75) is 57.8 Å². The summed E-state index contributed by atoms with van der Waals surface area (Å²) in [6.07, 6.45) is 0. The summed E-state index contributed by atoms with van der Waals surface area (Å²) in [4.78, 5) is 2.50. The number of fused-ring (bicyclic) bond motifs is 10. The van der Waals surface area contributed by atoms with Gasteiger partial charge in [0.05, 0.1) is 5.69 Å². The first-order chi connectivity index (χ1) is 30.0. The maximum atomic E-state index is 2.50. The maximum absolute atomic E-state index is 2.50. The van der Waals surface area contributed by atoms with Gasteiger partial charge >= 0.3 is 0 Å². The van der Waals surface area contributed by atoms with E-state index in [0.717, 1.165) is 17.1 Å². The SMILES string of the molecule is CC1(C)c2ccccc2-c2ccc(-c3ccc(N(c4ccc5c(c4)C(C)(C)c4ccccc4-5)c4ccccc4-c4cccc5c4-c4cc6ccccc6cc4C5(C)C)cc3)cc21. The molecule has 0 amide bonds. The molecular formula is C61H49N. The Bertz CT molecular complexity index is 3320. The third-order valence-electron chi connectivity index (χ3n) is 14.9. The van der Waals surface area contributed by atoms with Crippen molar-refractivity contribution in [3.05, 3.63) is 221 Å². The lowest BCUT2D eigenvalue weighted by atomic mass is 9.81. The van der Waals surface area contributed by atoms with E-state index in [0.29, 0.717) is 0 Å². The largest absolute Gasteiger partial charge is 0.310 e. The highest BCUT2D eigenvalue weighted by Crippen LogP contribution is 2.56. The monoisotopic (exact) mass is 795 g/mol. The summed E-state index contributed by atoms with van der Waals surface area (Å²) in [5.74, 6) is 0. The molecule has 0 heterocycles. The van der Waals surface area contributed by atoms with Crippen molar-refractivity contribution in [1.82, 2.24) is 0 Å². The molecule has 0 atom stereocenters. The van der Waals surface area contributed by atoms with Crippen molar-refractivity contribution >= 4 is 27.8 Å². The van der Waals surface area contributed by atoms with Crippen molar-refractivity contribution in [2.75, 3.05) is 4.90 Å². The quantitative estimate of drug-likeness (QED) is 0.168. The molecule has 0 saturated carbocycles. The molecule has 1 nitrogen and oxygen atoms in total. The molecule has 12 rings (SSSR count). The topological polar surface area (TPSA) is 3.24 Å². The van der Waals surface area contributed by atoms with Crippen LogP contribution in [0.25, 0.3) is 66.4 Å². The molecule has 0 spiro atoms. The van der Waals surface area contributed by atoms with Crippen molar-refractivity contribution in [1.29, 1.82) is 0 Å². The third-order valence-corrected chi connectivity index (χ3v) is 14.9. The van der Waals surface area contributed by atoms with Crippen LogP contribution in [-0.2, 0) is 16.2 Å². The summed E-state index contributed by atoms with van der Waals surface area (Å²) < 4.78 is 0. The molecule has 9 aromatic carbocycles. The molecule has 298 valence electrons. The van der Waals surface area contributed by atoms with Gasteiger partial charge in [-0.05, 0) is 143 Å². The van der Waals surface area contributed by atoms with Crippen molar-refractivity contribution in [3.63, 3.8) is 0 Å². The minimum atomic E-state index is -0.134. The van der Waals surface area contributed by atoms with E-state index < -0.39 is 0 Å². The van der Waals surface area contributed by atoms with Crippen molar-refractivity contribution < 1.29 is 0 Å². The van der Waals surface area contributed by atoms with Crippen LogP contribution in [0.15, 0.2) is 188 Å². The number of anilines is 3. The lowest BCUT2D eigenvalue weighted by molar-refractivity contribution is 0.660. The maximum Gasteiger partial charge on any atom is 0.0540 e. The van der Waals surface area contributed by atoms with Gasteiger partial charge in [0, 0.05) is 33.2 Å². The highest BCUT2D eigenvalue weighted by atomic mass is 15.1. The van der Waals surface area contributed by atoms with Crippen LogP contribution in [0.5, 0.6) is 0 Å². The predicted octanol–water partition coefficient (Wildman–Crippen LogP) is 16.6. The van der Waals surface area contributed by atoms with Gasteiger partial charge in [-0.1, -0.05) is 181 Å². The predicted molar refractivity (Wildman–Crippen MR) is 262 cm³/mol. The highest BCUT2D eigenvalue weighted by Gasteiger charge is 2.39. The number of para-hydroxylation sites is 1. The summed E-state index contributed by atoms with van der Waals surface area (Å²) in [5.41, 5.74) is 24.4. The molecular weight excluding hydrogens is 747 g/mol. The fourth-order valence-electron chi connectivity index (χ4n) is 11.5.